The number of fused-ring (bicyclic) bond motifs is 1. The van der Waals surface area contributed by atoms with Gasteiger partial charge in [-0.05, 0) is 30.3 Å². The second kappa shape index (κ2) is 7.59. The molecule has 0 spiro atoms. The molecule has 136 valence electrons. The lowest BCUT2D eigenvalue weighted by Crippen LogP contribution is -2.14. The lowest BCUT2D eigenvalue weighted by molar-refractivity contribution is -0.116. The van der Waals surface area contributed by atoms with Crippen molar-refractivity contribution >= 4 is 33.3 Å². The second-order valence-corrected chi connectivity index (χ2v) is 6.83. The molecule has 3 aromatic heterocycles. The first-order chi connectivity index (χ1) is 13.2. The predicted molar refractivity (Wildman–Crippen MR) is 107 cm³/mol. The van der Waals surface area contributed by atoms with Crippen LogP contribution in [0.5, 0.6) is 5.75 Å². The van der Waals surface area contributed by atoms with E-state index in [9.17, 15) is 4.79 Å². The number of nitrogens with one attached hydrogen (secondary N) is 1. The molecule has 1 amide bonds. The average Bonchev–Trinajstić information content (AvgIpc) is 3.34. The molecule has 7 heteroatoms. The molecule has 4 aromatic rings. The van der Waals surface area contributed by atoms with Crippen LogP contribution in [0, 0.1) is 0 Å². The van der Waals surface area contributed by atoms with Gasteiger partial charge in [-0.1, -0.05) is 6.07 Å². The molecular weight excluding hydrogens is 360 g/mol. The van der Waals surface area contributed by atoms with Gasteiger partial charge in [-0.15, -0.1) is 11.3 Å². The van der Waals surface area contributed by atoms with Gasteiger partial charge in [-0.25, -0.2) is 4.98 Å². The Morgan fingerprint density at radius 1 is 1.22 bits per heavy atom. The number of pyridine rings is 1. The zero-order chi connectivity index (χ0) is 18.6. The van der Waals surface area contributed by atoms with Gasteiger partial charge in [-0.3, -0.25) is 9.78 Å². The van der Waals surface area contributed by atoms with Crippen LogP contribution in [0.3, 0.4) is 0 Å². The number of carbonyl (C=O) groups is 1. The molecule has 27 heavy (non-hydrogen) atoms. The van der Waals surface area contributed by atoms with Crippen molar-refractivity contribution in [1.29, 1.82) is 0 Å². The highest BCUT2D eigenvalue weighted by molar-refractivity contribution is 7.14. The maximum Gasteiger partial charge on any atom is 0.227 e. The summed E-state index contributed by atoms with van der Waals surface area (Å²) < 4.78 is 7.44. The molecule has 0 bridgehead atoms. The Hall–Kier alpha value is -3.19. The van der Waals surface area contributed by atoms with Crippen molar-refractivity contribution in [3.05, 3.63) is 60.4 Å². The van der Waals surface area contributed by atoms with Gasteiger partial charge in [-0.2, -0.15) is 0 Å². The van der Waals surface area contributed by atoms with E-state index in [4.69, 9.17) is 4.74 Å². The van der Waals surface area contributed by atoms with Crippen molar-refractivity contribution in [2.75, 3.05) is 12.4 Å². The Kier molecular flexibility index (Phi) is 4.84. The van der Waals surface area contributed by atoms with E-state index in [1.807, 2.05) is 48.0 Å². The molecule has 1 aromatic carbocycles. The molecule has 1 N–H and O–H groups in total. The summed E-state index contributed by atoms with van der Waals surface area (Å²) in [7, 11) is 1.66. The van der Waals surface area contributed by atoms with Crippen LogP contribution in [0.2, 0.25) is 0 Å². The summed E-state index contributed by atoms with van der Waals surface area (Å²) in [5.41, 5.74) is 2.87. The number of thiazole rings is 1. The van der Waals surface area contributed by atoms with Gasteiger partial charge in [0.2, 0.25) is 5.91 Å². The highest BCUT2D eigenvalue weighted by Crippen LogP contribution is 2.27. The highest BCUT2D eigenvalue weighted by Gasteiger charge is 2.10. The fraction of sp³-hybridized carbons (Fsp3) is 0.150. The molecule has 3 heterocycles. The van der Waals surface area contributed by atoms with Gasteiger partial charge in [0.1, 0.15) is 5.75 Å². The van der Waals surface area contributed by atoms with Crippen LogP contribution in [0.1, 0.15) is 6.42 Å². The Bertz CT molecular complexity index is 1070. The summed E-state index contributed by atoms with van der Waals surface area (Å²) in [5, 5.41) is 6.45. The molecule has 0 fully saturated rings. The van der Waals surface area contributed by atoms with E-state index in [2.05, 4.69) is 19.9 Å². The number of nitrogens with zero attached hydrogens (tertiary/aromatic N) is 3. The van der Waals surface area contributed by atoms with Crippen LogP contribution in [0.4, 0.5) is 5.13 Å². The van der Waals surface area contributed by atoms with Gasteiger partial charge in [0.05, 0.1) is 18.3 Å². The van der Waals surface area contributed by atoms with Crippen molar-refractivity contribution in [1.82, 2.24) is 14.5 Å². The fourth-order valence-electron chi connectivity index (χ4n) is 2.96. The Morgan fingerprint density at radius 3 is 2.89 bits per heavy atom. The normalized spacial score (nSPS) is 10.9. The van der Waals surface area contributed by atoms with Crippen molar-refractivity contribution in [3.63, 3.8) is 0 Å². The first kappa shape index (κ1) is 17.2. The van der Waals surface area contributed by atoms with Crippen LogP contribution < -0.4 is 10.1 Å². The number of aryl methyl sites for hydroxylation is 1. The first-order valence-electron chi connectivity index (χ1n) is 8.52. The van der Waals surface area contributed by atoms with Crippen molar-refractivity contribution in [3.8, 4) is 17.0 Å². The lowest BCUT2D eigenvalue weighted by Gasteiger charge is -2.07. The number of hydrogen-bond acceptors (Lipinski definition) is 5. The third-order valence-corrected chi connectivity index (χ3v) is 5.06. The van der Waals surface area contributed by atoms with Crippen molar-refractivity contribution < 1.29 is 9.53 Å². The number of methoxy groups -OCH3 is 1. The van der Waals surface area contributed by atoms with E-state index >= 15 is 0 Å². The number of carbonyl (C=O) groups excluding carboxylic acids is 1. The summed E-state index contributed by atoms with van der Waals surface area (Å²) in [6.45, 7) is 0.588. The van der Waals surface area contributed by atoms with Crippen LogP contribution in [-0.4, -0.2) is 27.6 Å². The maximum atomic E-state index is 12.3. The van der Waals surface area contributed by atoms with Crippen LogP contribution in [0.15, 0.2) is 60.4 Å². The van der Waals surface area contributed by atoms with E-state index < -0.39 is 0 Å². The zero-order valence-electron chi connectivity index (χ0n) is 14.8. The minimum atomic E-state index is -0.0598. The summed E-state index contributed by atoms with van der Waals surface area (Å²) in [6.07, 6.45) is 5.79. The molecule has 0 radical (unpaired) electrons. The van der Waals surface area contributed by atoms with E-state index in [1.54, 1.807) is 19.5 Å². The smallest absolute Gasteiger partial charge is 0.227 e. The molecule has 0 aliphatic carbocycles. The van der Waals surface area contributed by atoms with E-state index in [1.165, 1.54) is 11.3 Å². The summed E-state index contributed by atoms with van der Waals surface area (Å²) in [6, 6.07) is 11.7. The number of ether oxygens (including phenoxy) is 1. The van der Waals surface area contributed by atoms with Gasteiger partial charge < -0.3 is 14.6 Å². The monoisotopic (exact) mass is 378 g/mol. The largest absolute Gasteiger partial charge is 0.496 e. The quantitative estimate of drug-likeness (QED) is 0.546. The first-order valence-corrected chi connectivity index (χ1v) is 9.40. The van der Waals surface area contributed by atoms with Gasteiger partial charge in [0.15, 0.2) is 5.13 Å². The number of aromatic nitrogens is 3. The second-order valence-electron chi connectivity index (χ2n) is 5.97. The number of hydrogen-bond donors (Lipinski definition) is 1. The Balaban J connectivity index is 1.40. The summed E-state index contributed by atoms with van der Waals surface area (Å²) in [5.74, 6) is 0.775. The Morgan fingerprint density at radius 2 is 2.07 bits per heavy atom. The van der Waals surface area contributed by atoms with Crippen LogP contribution >= 0.6 is 11.3 Å². The Labute approximate surface area is 160 Å². The molecule has 0 aliphatic heterocycles. The lowest BCUT2D eigenvalue weighted by atomic mass is 10.2. The van der Waals surface area contributed by atoms with Crippen LogP contribution in [-0.2, 0) is 11.3 Å². The standard InChI is InChI=1S/C20H18N4O2S/c1-26-18-4-2-3-17-15(18)7-11-24(17)12-8-19(25)23-20-22-16(13-27-20)14-5-9-21-10-6-14/h2-7,9-11,13H,8,12H2,1H3,(H,22,23,25). The molecule has 0 unspecified atom stereocenters. The van der Waals surface area contributed by atoms with Crippen molar-refractivity contribution in [2.24, 2.45) is 0 Å². The molecule has 0 aliphatic rings. The number of rotatable bonds is 6. The SMILES string of the molecule is COc1cccc2c1ccn2CCC(=O)Nc1nc(-c2ccncc2)cs1. The highest BCUT2D eigenvalue weighted by atomic mass is 32.1. The maximum absolute atomic E-state index is 12.3. The van der Waals surface area contributed by atoms with E-state index in [0.29, 0.717) is 18.1 Å². The van der Waals surface area contributed by atoms with Gasteiger partial charge in [0.25, 0.3) is 0 Å². The summed E-state index contributed by atoms with van der Waals surface area (Å²) >= 11 is 1.42. The molecule has 0 saturated heterocycles. The summed E-state index contributed by atoms with van der Waals surface area (Å²) in [4.78, 5) is 20.8. The number of amides is 1. The topological polar surface area (TPSA) is 69.0 Å². The molecule has 4 rings (SSSR count). The van der Waals surface area contributed by atoms with Crippen LogP contribution in [0.25, 0.3) is 22.2 Å². The van der Waals surface area contributed by atoms with Crippen molar-refractivity contribution in [2.45, 2.75) is 13.0 Å². The van der Waals surface area contributed by atoms with Gasteiger partial charge in [0, 0.05) is 47.9 Å². The minimum Gasteiger partial charge on any atom is -0.496 e. The zero-order valence-corrected chi connectivity index (χ0v) is 15.6. The molecule has 0 saturated carbocycles. The average molecular weight is 378 g/mol. The fourth-order valence-corrected chi connectivity index (χ4v) is 3.69. The van der Waals surface area contributed by atoms with Gasteiger partial charge >= 0.3 is 0 Å². The third kappa shape index (κ3) is 3.68. The molecule has 0 atom stereocenters. The minimum absolute atomic E-state index is 0.0598. The van der Waals surface area contributed by atoms with E-state index in [-0.39, 0.29) is 5.91 Å². The number of benzene rings is 1. The van der Waals surface area contributed by atoms with E-state index in [0.717, 1.165) is 27.9 Å². The third-order valence-electron chi connectivity index (χ3n) is 4.30. The predicted octanol–water partition coefficient (Wildman–Crippen LogP) is 4.20. The number of anilines is 1. The molecular formula is C20H18N4O2S. The molecule has 6 nitrogen and oxygen atoms in total.